The summed E-state index contributed by atoms with van der Waals surface area (Å²) in [7, 11) is 0. The summed E-state index contributed by atoms with van der Waals surface area (Å²) in [4.78, 5) is 3.31. The van der Waals surface area contributed by atoms with Gasteiger partial charge in [-0.2, -0.15) is 13.8 Å². The molecule has 3 rings (SSSR count). The number of rotatable bonds is 5. The fourth-order valence-corrected chi connectivity index (χ4v) is 3.52. The van der Waals surface area contributed by atoms with E-state index in [0.717, 1.165) is 44.5 Å². The molecule has 0 spiro atoms. The Morgan fingerprint density at radius 3 is 2.25 bits per heavy atom. The minimum absolute atomic E-state index is 0.140. The SMILES string of the molecule is CCCOc1ccc(C2CCC(c3ccc(F)nc3F)CC2)cc1. The lowest BCUT2D eigenvalue weighted by Gasteiger charge is -2.29. The first kappa shape index (κ1) is 16.9. The molecule has 1 aliphatic rings. The van der Waals surface area contributed by atoms with Gasteiger partial charge in [-0.05, 0) is 73.8 Å². The van der Waals surface area contributed by atoms with E-state index in [0.29, 0.717) is 11.5 Å². The normalized spacial score (nSPS) is 20.8. The number of aromatic nitrogens is 1. The molecule has 4 heteroatoms. The Bertz CT molecular complexity index is 664. The zero-order valence-corrected chi connectivity index (χ0v) is 14.0. The van der Waals surface area contributed by atoms with Gasteiger partial charge >= 0.3 is 0 Å². The maximum Gasteiger partial charge on any atom is 0.218 e. The van der Waals surface area contributed by atoms with Crippen molar-refractivity contribution in [2.24, 2.45) is 0 Å². The molecular formula is C20H23F2NO. The summed E-state index contributed by atoms with van der Waals surface area (Å²) in [6.07, 6.45) is 4.83. The highest BCUT2D eigenvalue weighted by atomic mass is 19.1. The van der Waals surface area contributed by atoms with Crippen LogP contribution in [0.15, 0.2) is 36.4 Å². The average Bonchev–Trinajstić information content (AvgIpc) is 2.61. The molecular weight excluding hydrogens is 308 g/mol. The second kappa shape index (κ2) is 7.73. The summed E-state index contributed by atoms with van der Waals surface area (Å²) in [5.41, 5.74) is 1.87. The van der Waals surface area contributed by atoms with Crippen molar-refractivity contribution in [3.63, 3.8) is 0 Å². The largest absolute Gasteiger partial charge is 0.494 e. The van der Waals surface area contributed by atoms with Crippen molar-refractivity contribution in [1.82, 2.24) is 4.98 Å². The van der Waals surface area contributed by atoms with Crippen molar-refractivity contribution in [2.45, 2.75) is 50.9 Å². The molecule has 1 heterocycles. The molecule has 0 aliphatic heterocycles. The number of ether oxygens (including phenoxy) is 1. The fraction of sp³-hybridized carbons (Fsp3) is 0.450. The van der Waals surface area contributed by atoms with Crippen LogP contribution in [0.3, 0.4) is 0 Å². The van der Waals surface area contributed by atoms with Gasteiger partial charge in [-0.15, -0.1) is 0 Å². The molecule has 0 amide bonds. The minimum atomic E-state index is -0.754. The van der Waals surface area contributed by atoms with Gasteiger partial charge in [-0.3, -0.25) is 0 Å². The van der Waals surface area contributed by atoms with Gasteiger partial charge in [0.1, 0.15) is 5.75 Å². The lowest BCUT2D eigenvalue weighted by Crippen LogP contribution is -2.14. The van der Waals surface area contributed by atoms with Gasteiger partial charge in [0.05, 0.1) is 6.61 Å². The van der Waals surface area contributed by atoms with Crippen LogP contribution in [0.2, 0.25) is 0 Å². The van der Waals surface area contributed by atoms with E-state index in [9.17, 15) is 8.78 Å². The van der Waals surface area contributed by atoms with Crippen LogP contribution in [0.5, 0.6) is 5.75 Å². The molecule has 24 heavy (non-hydrogen) atoms. The number of nitrogens with zero attached hydrogens (tertiary/aromatic N) is 1. The molecule has 0 atom stereocenters. The highest BCUT2D eigenvalue weighted by Gasteiger charge is 2.25. The summed E-state index contributed by atoms with van der Waals surface area (Å²) in [5.74, 6) is 0.138. The van der Waals surface area contributed by atoms with Crippen molar-refractivity contribution in [2.75, 3.05) is 6.61 Å². The second-order valence-electron chi connectivity index (χ2n) is 6.48. The third kappa shape index (κ3) is 3.92. The average molecular weight is 331 g/mol. The molecule has 2 aromatic rings. The van der Waals surface area contributed by atoms with E-state index in [-0.39, 0.29) is 5.92 Å². The van der Waals surface area contributed by atoms with Gasteiger partial charge in [0.25, 0.3) is 0 Å². The van der Waals surface area contributed by atoms with E-state index >= 15 is 0 Å². The van der Waals surface area contributed by atoms with Crippen molar-refractivity contribution in [3.8, 4) is 5.75 Å². The van der Waals surface area contributed by atoms with Crippen molar-refractivity contribution < 1.29 is 13.5 Å². The van der Waals surface area contributed by atoms with Crippen molar-refractivity contribution in [3.05, 3.63) is 59.4 Å². The maximum atomic E-state index is 13.8. The first-order valence-corrected chi connectivity index (χ1v) is 8.72. The molecule has 2 nitrogen and oxygen atoms in total. The third-order valence-corrected chi connectivity index (χ3v) is 4.83. The lowest BCUT2D eigenvalue weighted by atomic mass is 9.76. The van der Waals surface area contributed by atoms with Crippen LogP contribution in [0.4, 0.5) is 8.78 Å². The zero-order valence-electron chi connectivity index (χ0n) is 14.0. The Balaban J connectivity index is 1.60. The molecule has 1 fully saturated rings. The van der Waals surface area contributed by atoms with Gasteiger partial charge in [0.15, 0.2) is 0 Å². The molecule has 0 N–H and O–H groups in total. The van der Waals surface area contributed by atoms with Crippen molar-refractivity contribution >= 4 is 0 Å². The monoisotopic (exact) mass is 331 g/mol. The van der Waals surface area contributed by atoms with Gasteiger partial charge in [-0.1, -0.05) is 19.1 Å². The van der Waals surface area contributed by atoms with Gasteiger partial charge < -0.3 is 4.74 Å². The smallest absolute Gasteiger partial charge is 0.218 e. The first-order valence-electron chi connectivity index (χ1n) is 8.72. The lowest BCUT2D eigenvalue weighted by molar-refractivity contribution is 0.317. The Morgan fingerprint density at radius 2 is 1.62 bits per heavy atom. The van der Waals surface area contributed by atoms with Gasteiger partial charge in [0, 0.05) is 5.56 Å². The van der Waals surface area contributed by atoms with E-state index in [2.05, 4.69) is 24.0 Å². The van der Waals surface area contributed by atoms with E-state index in [1.807, 2.05) is 12.1 Å². The third-order valence-electron chi connectivity index (χ3n) is 4.83. The van der Waals surface area contributed by atoms with Crippen LogP contribution in [0, 0.1) is 11.9 Å². The number of halogens is 2. The van der Waals surface area contributed by atoms with Crippen LogP contribution < -0.4 is 4.74 Å². The van der Waals surface area contributed by atoms with Crippen LogP contribution in [0.25, 0.3) is 0 Å². The predicted octanol–water partition coefficient (Wildman–Crippen LogP) is 5.59. The van der Waals surface area contributed by atoms with Crippen LogP contribution >= 0.6 is 0 Å². The van der Waals surface area contributed by atoms with Gasteiger partial charge in [-0.25, -0.2) is 0 Å². The molecule has 1 saturated carbocycles. The number of hydrogen-bond acceptors (Lipinski definition) is 2. The van der Waals surface area contributed by atoms with E-state index in [1.165, 1.54) is 11.6 Å². The Kier molecular flexibility index (Phi) is 5.44. The van der Waals surface area contributed by atoms with Crippen LogP contribution in [0.1, 0.15) is 62.0 Å². The Labute approximate surface area is 141 Å². The molecule has 1 aliphatic carbocycles. The molecule has 0 saturated heterocycles. The predicted molar refractivity (Wildman–Crippen MR) is 90.3 cm³/mol. The molecule has 1 aromatic carbocycles. The van der Waals surface area contributed by atoms with E-state index in [1.54, 1.807) is 6.07 Å². The Hall–Kier alpha value is -1.97. The van der Waals surface area contributed by atoms with Crippen molar-refractivity contribution in [1.29, 1.82) is 0 Å². The van der Waals surface area contributed by atoms with Crippen LogP contribution in [-0.2, 0) is 0 Å². The standard InChI is InChI=1S/C20H23F2NO/c1-2-13-24-17-9-7-15(8-10-17)14-3-5-16(6-4-14)18-11-12-19(21)23-20(18)22/h7-12,14,16H,2-6,13H2,1H3. The van der Waals surface area contributed by atoms with E-state index < -0.39 is 11.9 Å². The van der Waals surface area contributed by atoms with Gasteiger partial charge in [0.2, 0.25) is 11.9 Å². The summed E-state index contributed by atoms with van der Waals surface area (Å²) in [6, 6.07) is 11.1. The quantitative estimate of drug-likeness (QED) is 0.666. The first-order chi connectivity index (χ1) is 11.7. The fourth-order valence-electron chi connectivity index (χ4n) is 3.52. The molecule has 128 valence electrons. The maximum absolute atomic E-state index is 13.8. The number of pyridine rings is 1. The second-order valence-corrected chi connectivity index (χ2v) is 6.48. The summed E-state index contributed by atoms with van der Waals surface area (Å²) in [6.45, 7) is 2.83. The minimum Gasteiger partial charge on any atom is -0.494 e. The summed E-state index contributed by atoms with van der Waals surface area (Å²) >= 11 is 0. The molecule has 0 bridgehead atoms. The highest BCUT2D eigenvalue weighted by molar-refractivity contribution is 5.30. The molecule has 0 radical (unpaired) electrons. The summed E-state index contributed by atoms with van der Waals surface area (Å²) < 4.78 is 32.4. The molecule has 0 unspecified atom stereocenters. The Morgan fingerprint density at radius 1 is 0.958 bits per heavy atom. The zero-order chi connectivity index (χ0) is 16.9. The number of hydrogen-bond donors (Lipinski definition) is 0. The summed E-state index contributed by atoms with van der Waals surface area (Å²) in [5, 5.41) is 0. The van der Waals surface area contributed by atoms with Crippen LogP contribution in [-0.4, -0.2) is 11.6 Å². The molecule has 1 aromatic heterocycles. The number of benzene rings is 1. The highest BCUT2D eigenvalue weighted by Crippen LogP contribution is 2.41. The topological polar surface area (TPSA) is 22.1 Å². The van der Waals surface area contributed by atoms with E-state index in [4.69, 9.17) is 4.74 Å².